The number of pyridine rings is 1. The fourth-order valence-electron chi connectivity index (χ4n) is 0.805. The van der Waals surface area contributed by atoms with Crippen molar-refractivity contribution in [2.75, 3.05) is 6.54 Å². The van der Waals surface area contributed by atoms with Crippen molar-refractivity contribution < 1.29 is 4.79 Å². The highest BCUT2D eigenvalue weighted by atomic mass is 16.1. The number of hydrogen-bond acceptors (Lipinski definition) is 4. The summed E-state index contributed by atoms with van der Waals surface area (Å²) >= 11 is 0. The van der Waals surface area contributed by atoms with E-state index in [-0.39, 0.29) is 12.3 Å². The Bertz CT molecular complexity index is 260. The van der Waals surface area contributed by atoms with Gasteiger partial charge in [0.15, 0.2) is 5.78 Å². The first-order valence-corrected chi connectivity index (χ1v) is 3.66. The molecule has 0 aromatic carbocycles. The van der Waals surface area contributed by atoms with Crippen molar-refractivity contribution in [1.29, 1.82) is 0 Å². The molecule has 0 fully saturated rings. The number of hydrogen-bond donors (Lipinski definition) is 2. The molecule has 0 amide bonds. The average molecular weight is 165 g/mol. The maximum absolute atomic E-state index is 11.3. The van der Waals surface area contributed by atoms with Gasteiger partial charge in [0.25, 0.3) is 0 Å². The van der Waals surface area contributed by atoms with Gasteiger partial charge in [-0.05, 0) is 12.1 Å². The number of aromatic nitrogens is 1. The third-order valence-corrected chi connectivity index (χ3v) is 1.51. The molecule has 0 radical (unpaired) electrons. The first kappa shape index (κ1) is 8.83. The van der Waals surface area contributed by atoms with Crippen LogP contribution in [-0.4, -0.2) is 23.4 Å². The molecule has 0 aliphatic rings. The highest BCUT2D eigenvalue weighted by molar-refractivity contribution is 5.98. The summed E-state index contributed by atoms with van der Waals surface area (Å²) in [4.78, 5) is 15.2. The molecule has 1 atom stereocenters. The fraction of sp³-hybridized carbons (Fsp3) is 0.250. The number of rotatable bonds is 3. The predicted octanol–water partition coefficient (Wildman–Crippen LogP) is -0.450. The van der Waals surface area contributed by atoms with E-state index in [9.17, 15) is 4.79 Å². The number of ketones is 1. The Morgan fingerprint density at radius 3 is 2.83 bits per heavy atom. The van der Waals surface area contributed by atoms with E-state index in [0.717, 1.165) is 0 Å². The van der Waals surface area contributed by atoms with E-state index < -0.39 is 6.04 Å². The van der Waals surface area contributed by atoms with Crippen molar-refractivity contribution in [2.45, 2.75) is 6.04 Å². The van der Waals surface area contributed by atoms with Gasteiger partial charge in [-0.2, -0.15) is 0 Å². The molecule has 1 unspecified atom stereocenters. The monoisotopic (exact) mass is 165 g/mol. The minimum Gasteiger partial charge on any atom is -0.328 e. The molecule has 4 N–H and O–H groups in total. The van der Waals surface area contributed by atoms with Crippen LogP contribution < -0.4 is 11.5 Å². The van der Waals surface area contributed by atoms with Crippen LogP contribution in [0.5, 0.6) is 0 Å². The van der Waals surface area contributed by atoms with Crippen LogP contribution >= 0.6 is 0 Å². The van der Waals surface area contributed by atoms with Crippen LogP contribution in [0.25, 0.3) is 0 Å². The van der Waals surface area contributed by atoms with Crippen LogP contribution in [0.4, 0.5) is 0 Å². The molecule has 64 valence electrons. The normalized spacial score (nSPS) is 12.5. The molecule has 12 heavy (non-hydrogen) atoms. The summed E-state index contributed by atoms with van der Waals surface area (Å²) in [6.07, 6.45) is 1.55. The lowest BCUT2D eigenvalue weighted by atomic mass is 10.1. The molecule has 0 spiro atoms. The zero-order chi connectivity index (χ0) is 8.97. The summed E-state index contributed by atoms with van der Waals surface area (Å²) in [5.41, 5.74) is 11.0. The summed E-state index contributed by atoms with van der Waals surface area (Å²) in [5, 5.41) is 0. The smallest absolute Gasteiger partial charge is 0.199 e. The highest BCUT2D eigenvalue weighted by Gasteiger charge is 2.13. The fourth-order valence-corrected chi connectivity index (χ4v) is 0.805. The lowest BCUT2D eigenvalue weighted by Crippen LogP contribution is -2.38. The van der Waals surface area contributed by atoms with Crippen LogP contribution in [0.2, 0.25) is 0 Å². The molecule has 0 aliphatic heterocycles. The van der Waals surface area contributed by atoms with Crippen molar-refractivity contribution in [2.24, 2.45) is 11.5 Å². The molecule has 0 saturated heterocycles. The maximum Gasteiger partial charge on any atom is 0.199 e. The van der Waals surface area contributed by atoms with Crippen LogP contribution in [0.3, 0.4) is 0 Å². The van der Waals surface area contributed by atoms with E-state index in [1.165, 1.54) is 0 Å². The van der Waals surface area contributed by atoms with Crippen molar-refractivity contribution in [3.63, 3.8) is 0 Å². The minimum absolute atomic E-state index is 0.148. The largest absolute Gasteiger partial charge is 0.328 e. The molecular formula is C8H11N3O. The maximum atomic E-state index is 11.3. The van der Waals surface area contributed by atoms with E-state index in [4.69, 9.17) is 11.5 Å². The van der Waals surface area contributed by atoms with Gasteiger partial charge in [-0.1, -0.05) is 6.07 Å². The van der Waals surface area contributed by atoms with Crippen LogP contribution in [-0.2, 0) is 0 Å². The third kappa shape index (κ3) is 1.87. The lowest BCUT2D eigenvalue weighted by molar-refractivity contribution is 0.0959. The molecule has 4 heteroatoms. The Hall–Kier alpha value is -1.26. The second-order valence-corrected chi connectivity index (χ2v) is 2.42. The zero-order valence-corrected chi connectivity index (χ0v) is 6.60. The predicted molar refractivity (Wildman–Crippen MR) is 45.6 cm³/mol. The van der Waals surface area contributed by atoms with Crippen molar-refractivity contribution in [1.82, 2.24) is 4.98 Å². The number of nitrogens with two attached hydrogens (primary N) is 2. The van der Waals surface area contributed by atoms with Gasteiger partial charge < -0.3 is 11.5 Å². The topological polar surface area (TPSA) is 82.0 Å². The van der Waals surface area contributed by atoms with E-state index in [2.05, 4.69) is 4.98 Å². The molecule has 1 aromatic rings. The number of nitrogens with zero attached hydrogens (tertiary/aromatic N) is 1. The first-order valence-electron chi connectivity index (χ1n) is 3.66. The van der Waals surface area contributed by atoms with Crippen LogP contribution in [0.15, 0.2) is 24.4 Å². The Balaban J connectivity index is 2.79. The second-order valence-electron chi connectivity index (χ2n) is 2.42. The summed E-state index contributed by atoms with van der Waals surface area (Å²) < 4.78 is 0. The molecule has 4 nitrogen and oxygen atoms in total. The van der Waals surface area contributed by atoms with Crippen LogP contribution in [0, 0.1) is 0 Å². The van der Waals surface area contributed by atoms with E-state index in [0.29, 0.717) is 5.69 Å². The van der Waals surface area contributed by atoms with E-state index in [1.54, 1.807) is 24.4 Å². The van der Waals surface area contributed by atoms with Crippen LogP contribution in [0.1, 0.15) is 10.5 Å². The lowest BCUT2D eigenvalue weighted by Gasteiger charge is -2.05. The Labute approximate surface area is 70.6 Å². The van der Waals surface area contributed by atoms with Gasteiger partial charge in [0.2, 0.25) is 0 Å². The number of Topliss-reactive ketones (excluding diaryl/α,β-unsaturated/α-hetero) is 1. The van der Waals surface area contributed by atoms with Crippen molar-refractivity contribution in [3.05, 3.63) is 30.1 Å². The van der Waals surface area contributed by atoms with Gasteiger partial charge >= 0.3 is 0 Å². The zero-order valence-electron chi connectivity index (χ0n) is 6.60. The Morgan fingerprint density at radius 2 is 2.33 bits per heavy atom. The quantitative estimate of drug-likeness (QED) is 0.594. The standard InChI is InChI=1S/C8H11N3O/c9-5-6(10)8(12)7-3-1-2-4-11-7/h1-4,6H,5,9-10H2. The number of carbonyl (C=O) groups is 1. The summed E-state index contributed by atoms with van der Waals surface area (Å²) in [6, 6.07) is 4.46. The highest BCUT2D eigenvalue weighted by Crippen LogP contribution is 1.96. The van der Waals surface area contributed by atoms with Crippen molar-refractivity contribution >= 4 is 5.78 Å². The molecular weight excluding hydrogens is 154 g/mol. The molecule has 1 rings (SSSR count). The van der Waals surface area contributed by atoms with E-state index in [1.807, 2.05) is 0 Å². The first-order chi connectivity index (χ1) is 5.75. The van der Waals surface area contributed by atoms with Gasteiger partial charge in [0.1, 0.15) is 5.69 Å². The molecule has 0 aliphatic carbocycles. The van der Waals surface area contributed by atoms with E-state index >= 15 is 0 Å². The second kappa shape index (κ2) is 3.94. The molecule has 1 aromatic heterocycles. The molecule has 1 heterocycles. The Kier molecular flexibility index (Phi) is 2.90. The summed E-state index contributed by atoms with van der Waals surface area (Å²) in [6.45, 7) is 0.148. The molecule has 0 bridgehead atoms. The average Bonchev–Trinajstić information content (AvgIpc) is 2.17. The SMILES string of the molecule is NCC(N)C(=O)c1ccccn1. The van der Waals surface area contributed by atoms with Gasteiger partial charge in [-0.3, -0.25) is 9.78 Å². The summed E-state index contributed by atoms with van der Waals surface area (Å²) in [7, 11) is 0. The van der Waals surface area contributed by atoms with Gasteiger partial charge in [-0.25, -0.2) is 0 Å². The molecule has 0 saturated carbocycles. The summed E-state index contributed by atoms with van der Waals surface area (Å²) in [5.74, 6) is -0.210. The van der Waals surface area contributed by atoms with Gasteiger partial charge in [0, 0.05) is 12.7 Å². The minimum atomic E-state index is -0.639. The van der Waals surface area contributed by atoms with Gasteiger partial charge in [0.05, 0.1) is 6.04 Å². The third-order valence-electron chi connectivity index (χ3n) is 1.51. The number of carbonyl (C=O) groups excluding carboxylic acids is 1. The van der Waals surface area contributed by atoms with Gasteiger partial charge in [-0.15, -0.1) is 0 Å². The Morgan fingerprint density at radius 1 is 1.58 bits per heavy atom. The van der Waals surface area contributed by atoms with Crippen molar-refractivity contribution in [3.8, 4) is 0 Å².